The smallest absolute Gasteiger partial charge is 0.328 e. The molecular weight excluding hydrogens is 308 g/mol. The molecule has 2 aromatic rings. The first-order chi connectivity index (χ1) is 11.6. The third-order valence-electron chi connectivity index (χ3n) is 5.46. The lowest BCUT2D eigenvalue weighted by molar-refractivity contribution is 0.0134. The summed E-state index contributed by atoms with van der Waals surface area (Å²) < 4.78 is 7.39. The number of aromatic nitrogens is 2. The van der Waals surface area contributed by atoms with Crippen LogP contribution in [0.15, 0.2) is 52.2 Å². The minimum atomic E-state index is -0.484. The summed E-state index contributed by atoms with van der Waals surface area (Å²) in [5.41, 5.74) is 0.0392. The predicted octanol–water partition coefficient (Wildman–Crippen LogP) is 1.07. The van der Waals surface area contributed by atoms with Crippen LogP contribution in [-0.2, 0) is 11.3 Å². The van der Waals surface area contributed by atoms with E-state index in [-0.39, 0.29) is 17.4 Å². The minimum absolute atomic E-state index is 0.0790. The lowest BCUT2D eigenvalue weighted by atomic mass is 10.0. The number of hydrogen-bond acceptors (Lipinski definition) is 4. The van der Waals surface area contributed by atoms with Crippen molar-refractivity contribution in [3.05, 3.63) is 69.0 Å². The van der Waals surface area contributed by atoms with Crippen molar-refractivity contribution in [3.8, 4) is 0 Å². The maximum Gasteiger partial charge on any atom is 0.328 e. The Balaban J connectivity index is 1.45. The van der Waals surface area contributed by atoms with Gasteiger partial charge < -0.3 is 9.84 Å². The van der Waals surface area contributed by atoms with Gasteiger partial charge in [0.1, 0.15) is 0 Å². The van der Waals surface area contributed by atoms with Crippen molar-refractivity contribution in [2.75, 3.05) is 6.61 Å². The highest BCUT2D eigenvalue weighted by molar-refractivity contribution is 5.18. The summed E-state index contributed by atoms with van der Waals surface area (Å²) >= 11 is 0. The van der Waals surface area contributed by atoms with E-state index in [0.29, 0.717) is 19.6 Å². The lowest BCUT2D eigenvalue weighted by Gasteiger charge is -2.18. The molecule has 2 aliphatic rings. The van der Waals surface area contributed by atoms with E-state index in [2.05, 4.69) is 4.98 Å². The first-order valence-corrected chi connectivity index (χ1v) is 8.21. The standard InChI is InChI=1S/C18H20N2O4/c21-15-8-14(20-7-6-16(22)19-17(20)23)13-9-18(13,15)11-24-10-12-4-2-1-3-5-12/h1-7,13-15,21H,8-11H2,(H,19,22,23)/t13-,14+,15+,18-/m1/s1. The molecule has 0 radical (unpaired) electrons. The van der Waals surface area contributed by atoms with Crippen LogP contribution in [0.4, 0.5) is 0 Å². The maximum absolute atomic E-state index is 12.0. The summed E-state index contributed by atoms with van der Waals surface area (Å²) in [5.74, 6) is 0.215. The molecule has 24 heavy (non-hydrogen) atoms. The van der Waals surface area contributed by atoms with Crippen LogP contribution in [0.5, 0.6) is 0 Å². The Kier molecular flexibility index (Phi) is 3.66. The molecule has 0 aliphatic heterocycles. The highest BCUT2D eigenvalue weighted by Crippen LogP contribution is 2.67. The quantitative estimate of drug-likeness (QED) is 0.860. The van der Waals surface area contributed by atoms with Crippen LogP contribution in [-0.4, -0.2) is 27.4 Å². The molecule has 2 saturated carbocycles. The molecule has 126 valence electrons. The van der Waals surface area contributed by atoms with E-state index in [0.717, 1.165) is 12.0 Å². The molecule has 4 rings (SSSR count). The van der Waals surface area contributed by atoms with Gasteiger partial charge in [-0.25, -0.2) is 4.79 Å². The van der Waals surface area contributed by atoms with Gasteiger partial charge in [-0.2, -0.15) is 0 Å². The number of rotatable bonds is 5. The number of hydrogen-bond donors (Lipinski definition) is 2. The van der Waals surface area contributed by atoms with Crippen LogP contribution < -0.4 is 11.2 Å². The van der Waals surface area contributed by atoms with Gasteiger partial charge in [0.15, 0.2) is 0 Å². The Morgan fingerprint density at radius 3 is 2.75 bits per heavy atom. The summed E-state index contributed by atoms with van der Waals surface area (Å²) in [6, 6.07) is 11.2. The van der Waals surface area contributed by atoms with Gasteiger partial charge in [0.05, 0.1) is 19.3 Å². The third-order valence-corrected chi connectivity index (χ3v) is 5.46. The zero-order valence-corrected chi connectivity index (χ0v) is 13.2. The summed E-state index contributed by atoms with van der Waals surface area (Å²) in [5, 5.41) is 10.5. The average molecular weight is 328 g/mol. The van der Waals surface area contributed by atoms with Crippen molar-refractivity contribution in [1.82, 2.24) is 9.55 Å². The Labute approximate surface area is 138 Å². The number of aromatic amines is 1. The third kappa shape index (κ3) is 2.52. The summed E-state index contributed by atoms with van der Waals surface area (Å²) in [4.78, 5) is 25.5. The molecule has 0 unspecified atom stereocenters. The van der Waals surface area contributed by atoms with E-state index < -0.39 is 17.4 Å². The second-order valence-corrected chi connectivity index (χ2v) is 6.86. The van der Waals surface area contributed by atoms with Crippen molar-refractivity contribution in [2.24, 2.45) is 11.3 Å². The largest absolute Gasteiger partial charge is 0.392 e. The second kappa shape index (κ2) is 5.72. The highest BCUT2D eigenvalue weighted by atomic mass is 16.5. The number of benzene rings is 1. The van der Waals surface area contributed by atoms with Crippen molar-refractivity contribution >= 4 is 0 Å². The molecule has 2 fully saturated rings. The van der Waals surface area contributed by atoms with Gasteiger partial charge in [-0.3, -0.25) is 14.3 Å². The zero-order chi connectivity index (χ0) is 16.7. The summed E-state index contributed by atoms with van der Waals surface area (Å²) in [6.07, 6.45) is 2.41. The molecule has 1 aromatic carbocycles. The molecule has 4 atom stereocenters. The monoisotopic (exact) mass is 328 g/mol. The molecule has 1 aromatic heterocycles. The van der Waals surface area contributed by atoms with Gasteiger partial charge in [0.2, 0.25) is 0 Å². The van der Waals surface area contributed by atoms with Crippen molar-refractivity contribution in [2.45, 2.75) is 31.6 Å². The number of fused-ring (bicyclic) bond motifs is 1. The van der Waals surface area contributed by atoms with Gasteiger partial charge in [-0.05, 0) is 24.3 Å². The van der Waals surface area contributed by atoms with Gasteiger partial charge >= 0.3 is 5.69 Å². The van der Waals surface area contributed by atoms with E-state index in [9.17, 15) is 14.7 Å². The van der Waals surface area contributed by atoms with E-state index in [1.54, 1.807) is 4.57 Å². The fraction of sp³-hybridized carbons (Fsp3) is 0.444. The molecular formula is C18H20N2O4. The molecule has 0 amide bonds. The Hall–Kier alpha value is -2.18. The number of H-pyrrole nitrogens is 1. The molecule has 6 nitrogen and oxygen atoms in total. The zero-order valence-electron chi connectivity index (χ0n) is 13.2. The first kappa shape index (κ1) is 15.4. The molecule has 0 saturated heterocycles. The SMILES string of the molecule is O=c1ccn([C@H]2C[C@H](O)[C@@]3(COCc4ccccc4)C[C@H]23)c(=O)[nH]1. The van der Waals surface area contributed by atoms with Gasteiger partial charge in [-0.15, -0.1) is 0 Å². The van der Waals surface area contributed by atoms with E-state index in [4.69, 9.17) is 4.74 Å². The normalized spacial score (nSPS) is 31.0. The van der Waals surface area contributed by atoms with E-state index in [1.807, 2.05) is 30.3 Å². The van der Waals surface area contributed by atoms with Crippen molar-refractivity contribution in [3.63, 3.8) is 0 Å². The lowest BCUT2D eigenvalue weighted by Crippen LogP contribution is -2.32. The van der Waals surface area contributed by atoms with Crippen LogP contribution in [0.2, 0.25) is 0 Å². The Bertz CT molecular complexity index is 844. The molecule has 0 bridgehead atoms. The fourth-order valence-corrected chi connectivity index (χ4v) is 4.07. The van der Waals surface area contributed by atoms with Crippen LogP contribution in [0.1, 0.15) is 24.4 Å². The Morgan fingerprint density at radius 2 is 2.04 bits per heavy atom. The van der Waals surface area contributed by atoms with Crippen LogP contribution >= 0.6 is 0 Å². The topological polar surface area (TPSA) is 84.3 Å². The van der Waals surface area contributed by atoms with Gasteiger partial charge in [0, 0.05) is 23.7 Å². The molecule has 2 aliphatic carbocycles. The predicted molar refractivity (Wildman–Crippen MR) is 87.6 cm³/mol. The number of nitrogens with one attached hydrogen (secondary N) is 1. The molecule has 0 spiro atoms. The van der Waals surface area contributed by atoms with Crippen molar-refractivity contribution < 1.29 is 9.84 Å². The van der Waals surface area contributed by atoms with E-state index >= 15 is 0 Å². The maximum atomic E-state index is 12.0. The Morgan fingerprint density at radius 1 is 1.25 bits per heavy atom. The first-order valence-electron chi connectivity index (χ1n) is 8.21. The molecule has 1 heterocycles. The van der Waals surface area contributed by atoms with Crippen LogP contribution in [0.3, 0.4) is 0 Å². The average Bonchev–Trinajstić information content (AvgIpc) is 3.23. The number of nitrogens with zero attached hydrogens (tertiary/aromatic N) is 1. The van der Waals surface area contributed by atoms with Crippen LogP contribution in [0.25, 0.3) is 0 Å². The molecule has 2 N–H and O–H groups in total. The number of ether oxygens (including phenoxy) is 1. The second-order valence-electron chi connectivity index (χ2n) is 6.86. The fourth-order valence-electron chi connectivity index (χ4n) is 4.07. The summed E-state index contributed by atoms with van der Waals surface area (Å²) in [6.45, 7) is 1.01. The number of aliphatic hydroxyl groups excluding tert-OH is 1. The van der Waals surface area contributed by atoms with Crippen molar-refractivity contribution in [1.29, 1.82) is 0 Å². The van der Waals surface area contributed by atoms with E-state index in [1.165, 1.54) is 12.3 Å². The van der Waals surface area contributed by atoms with Crippen LogP contribution in [0, 0.1) is 11.3 Å². The molecule has 6 heteroatoms. The highest BCUT2D eigenvalue weighted by Gasteiger charge is 2.67. The van der Waals surface area contributed by atoms with Gasteiger partial charge in [0.25, 0.3) is 5.56 Å². The van der Waals surface area contributed by atoms with Gasteiger partial charge in [-0.1, -0.05) is 30.3 Å². The minimum Gasteiger partial charge on any atom is -0.392 e. The number of aliphatic hydroxyl groups is 1. The summed E-state index contributed by atoms with van der Waals surface area (Å²) in [7, 11) is 0.